The van der Waals surface area contributed by atoms with E-state index in [1.807, 2.05) is 6.07 Å². The van der Waals surface area contributed by atoms with Gasteiger partial charge in [0.15, 0.2) is 18.9 Å². The van der Waals surface area contributed by atoms with Crippen LogP contribution >= 0.6 is 0 Å². The van der Waals surface area contributed by atoms with Gasteiger partial charge in [0.2, 0.25) is 0 Å². The Morgan fingerprint density at radius 2 is 1.85 bits per heavy atom. The fraction of sp³-hybridized carbons (Fsp3) is 0.0714. The highest BCUT2D eigenvalue weighted by Crippen LogP contribution is 2.05. The molecule has 1 amide bonds. The molecule has 20 heavy (non-hydrogen) atoms. The standard InChI is InChI=1S/C14H12N2O3.ClH/c15-13(17)12-5-2-6-16(9-12)8-10-3-1-4-11(7-10)14(18)19;/h1-7,9H,8H2,(H2-,15,17,18,19);1H. The van der Waals surface area contributed by atoms with Gasteiger partial charge in [0.05, 0.1) is 5.56 Å². The number of hydrogen-bond donors (Lipinski definition) is 2. The van der Waals surface area contributed by atoms with Crippen LogP contribution in [0.25, 0.3) is 0 Å². The third kappa shape index (κ3) is 3.80. The highest BCUT2D eigenvalue weighted by Gasteiger charge is 2.09. The fourth-order valence-corrected chi connectivity index (χ4v) is 1.78. The van der Waals surface area contributed by atoms with Crippen molar-refractivity contribution in [3.8, 4) is 0 Å². The van der Waals surface area contributed by atoms with E-state index in [1.165, 1.54) is 6.07 Å². The molecule has 0 fully saturated rings. The second kappa shape index (κ2) is 6.68. The molecule has 0 bridgehead atoms. The van der Waals surface area contributed by atoms with Gasteiger partial charge in [-0.25, -0.2) is 4.79 Å². The van der Waals surface area contributed by atoms with Crippen LogP contribution in [0.4, 0.5) is 0 Å². The lowest BCUT2D eigenvalue weighted by Crippen LogP contribution is -3.00. The molecule has 1 heterocycles. The molecule has 0 atom stereocenters. The van der Waals surface area contributed by atoms with E-state index in [0.29, 0.717) is 12.1 Å². The Kier molecular flexibility index (Phi) is 5.23. The minimum atomic E-state index is -0.960. The number of aromatic nitrogens is 1. The number of aromatic carboxylic acids is 1. The van der Waals surface area contributed by atoms with Crippen LogP contribution in [-0.2, 0) is 6.54 Å². The van der Waals surface area contributed by atoms with Crippen molar-refractivity contribution >= 4 is 11.9 Å². The molecule has 1 aromatic carbocycles. The Hall–Kier alpha value is -2.40. The maximum absolute atomic E-state index is 11.1. The number of amides is 1. The summed E-state index contributed by atoms with van der Waals surface area (Å²) in [5.74, 6) is -1.45. The number of carboxylic acids is 1. The molecular formula is C14H13ClN2O3. The predicted molar refractivity (Wildman–Crippen MR) is 67.7 cm³/mol. The monoisotopic (exact) mass is 292 g/mol. The molecule has 0 saturated heterocycles. The number of carboxylic acid groups (broad SMARTS) is 1. The number of carbonyl (C=O) groups is 2. The van der Waals surface area contributed by atoms with Crippen molar-refractivity contribution in [3.63, 3.8) is 0 Å². The maximum atomic E-state index is 11.1. The summed E-state index contributed by atoms with van der Waals surface area (Å²) in [7, 11) is 0. The van der Waals surface area contributed by atoms with Crippen molar-refractivity contribution in [2.24, 2.45) is 5.73 Å². The first kappa shape index (κ1) is 15.7. The van der Waals surface area contributed by atoms with Gasteiger partial charge < -0.3 is 23.2 Å². The van der Waals surface area contributed by atoms with Crippen LogP contribution in [-0.4, -0.2) is 17.0 Å². The van der Waals surface area contributed by atoms with Gasteiger partial charge in [0.1, 0.15) is 5.56 Å². The summed E-state index contributed by atoms with van der Waals surface area (Å²) < 4.78 is 1.78. The molecule has 0 aliphatic rings. The molecule has 3 N–H and O–H groups in total. The number of primary amides is 1. The van der Waals surface area contributed by atoms with E-state index in [0.717, 1.165) is 5.56 Å². The molecule has 1 aromatic heterocycles. The number of halogens is 1. The van der Waals surface area contributed by atoms with Gasteiger partial charge >= 0.3 is 5.97 Å². The molecule has 2 rings (SSSR count). The summed E-state index contributed by atoms with van der Waals surface area (Å²) in [4.78, 5) is 22.0. The molecule has 0 aliphatic heterocycles. The molecule has 0 spiro atoms. The number of nitrogens with zero attached hydrogens (tertiary/aromatic N) is 1. The van der Waals surface area contributed by atoms with Crippen molar-refractivity contribution < 1.29 is 31.7 Å². The first-order valence-corrected chi connectivity index (χ1v) is 5.67. The van der Waals surface area contributed by atoms with E-state index in [9.17, 15) is 9.59 Å². The van der Waals surface area contributed by atoms with Gasteiger partial charge in [-0.05, 0) is 18.2 Å². The zero-order valence-corrected chi connectivity index (χ0v) is 11.2. The SMILES string of the molecule is NC(=O)c1ccc[n+](Cc2cccc(C(=O)O)c2)c1.[Cl-]. The summed E-state index contributed by atoms with van der Waals surface area (Å²) in [6, 6.07) is 10.0. The second-order valence-electron chi connectivity index (χ2n) is 4.13. The number of pyridine rings is 1. The van der Waals surface area contributed by atoms with Crippen molar-refractivity contribution in [3.05, 3.63) is 65.5 Å². The Balaban J connectivity index is 0.00000200. The van der Waals surface area contributed by atoms with Crippen LogP contribution < -0.4 is 22.7 Å². The summed E-state index contributed by atoms with van der Waals surface area (Å²) in [5.41, 5.74) is 6.70. The molecule has 0 unspecified atom stereocenters. The molecular weight excluding hydrogens is 280 g/mol. The molecule has 0 saturated carbocycles. The predicted octanol–water partition coefficient (Wildman–Crippen LogP) is -2.18. The summed E-state index contributed by atoms with van der Waals surface area (Å²) in [6.45, 7) is 0.474. The zero-order chi connectivity index (χ0) is 13.8. The average molecular weight is 293 g/mol. The van der Waals surface area contributed by atoms with Crippen LogP contribution in [0.1, 0.15) is 26.3 Å². The maximum Gasteiger partial charge on any atom is 0.335 e. The lowest BCUT2D eigenvalue weighted by Gasteiger charge is -2.00. The summed E-state index contributed by atoms with van der Waals surface area (Å²) in [5, 5.41) is 8.92. The van der Waals surface area contributed by atoms with Gasteiger partial charge in [-0.3, -0.25) is 4.79 Å². The van der Waals surface area contributed by atoms with E-state index in [1.54, 1.807) is 41.2 Å². The number of carbonyl (C=O) groups excluding carboxylic acids is 1. The van der Waals surface area contributed by atoms with E-state index in [4.69, 9.17) is 10.8 Å². The van der Waals surface area contributed by atoms with E-state index < -0.39 is 11.9 Å². The molecule has 104 valence electrons. The largest absolute Gasteiger partial charge is 1.00 e. The molecule has 0 radical (unpaired) electrons. The molecule has 6 heteroatoms. The van der Waals surface area contributed by atoms with Crippen molar-refractivity contribution in [2.45, 2.75) is 6.54 Å². The Labute approximate surface area is 122 Å². The quantitative estimate of drug-likeness (QED) is 0.629. The number of rotatable bonds is 4. The van der Waals surface area contributed by atoms with Crippen molar-refractivity contribution in [1.82, 2.24) is 0 Å². The first-order valence-electron chi connectivity index (χ1n) is 5.67. The highest BCUT2D eigenvalue weighted by molar-refractivity contribution is 5.92. The Bertz CT molecular complexity index is 588. The first-order chi connectivity index (χ1) is 9.06. The molecule has 2 aromatic rings. The number of hydrogen-bond acceptors (Lipinski definition) is 2. The third-order valence-electron chi connectivity index (χ3n) is 2.68. The van der Waals surface area contributed by atoms with E-state index in [-0.39, 0.29) is 18.0 Å². The molecule has 5 nitrogen and oxygen atoms in total. The van der Waals surface area contributed by atoms with Crippen molar-refractivity contribution in [2.75, 3.05) is 0 Å². The highest BCUT2D eigenvalue weighted by atomic mass is 35.5. The summed E-state index contributed by atoms with van der Waals surface area (Å²) in [6.07, 6.45) is 3.43. The zero-order valence-electron chi connectivity index (χ0n) is 10.5. The fourth-order valence-electron chi connectivity index (χ4n) is 1.78. The molecule has 0 aliphatic carbocycles. The Morgan fingerprint density at radius 1 is 1.15 bits per heavy atom. The van der Waals surface area contributed by atoms with Gasteiger partial charge in [0.25, 0.3) is 5.91 Å². The number of benzene rings is 1. The third-order valence-corrected chi connectivity index (χ3v) is 2.68. The minimum absolute atomic E-state index is 0. The topological polar surface area (TPSA) is 84.3 Å². The van der Waals surface area contributed by atoms with Crippen LogP contribution in [0.2, 0.25) is 0 Å². The van der Waals surface area contributed by atoms with E-state index >= 15 is 0 Å². The van der Waals surface area contributed by atoms with Crippen molar-refractivity contribution in [1.29, 1.82) is 0 Å². The van der Waals surface area contributed by atoms with E-state index in [2.05, 4.69) is 0 Å². The summed E-state index contributed by atoms with van der Waals surface area (Å²) >= 11 is 0. The lowest BCUT2D eigenvalue weighted by atomic mass is 10.1. The van der Waals surface area contributed by atoms with Crippen LogP contribution in [0.15, 0.2) is 48.8 Å². The van der Waals surface area contributed by atoms with Gasteiger partial charge in [-0.15, -0.1) is 0 Å². The number of nitrogens with two attached hydrogens (primary N) is 1. The Morgan fingerprint density at radius 3 is 2.50 bits per heavy atom. The van der Waals surface area contributed by atoms with Crippen LogP contribution in [0, 0.1) is 0 Å². The van der Waals surface area contributed by atoms with Gasteiger partial charge in [0, 0.05) is 11.6 Å². The normalized spacial score (nSPS) is 9.60. The average Bonchev–Trinajstić information content (AvgIpc) is 2.39. The minimum Gasteiger partial charge on any atom is -1.00 e. The van der Waals surface area contributed by atoms with Gasteiger partial charge in [-0.2, -0.15) is 4.57 Å². The van der Waals surface area contributed by atoms with Gasteiger partial charge in [-0.1, -0.05) is 12.1 Å². The smallest absolute Gasteiger partial charge is 0.335 e. The lowest BCUT2D eigenvalue weighted by molar-refractivity contribution is -0.688. The van der Waals surface area contributed by atoms with Crippen LogP contribution in [0.3, 0.4) is 0 Å². The second-order valence-corrected chi connectivity index (χ2v) is 4.13. The van der Waals surface area contributed by atoms with Crippen LogP contribution in [0.5, 0.6) is 0 Å².